The molecule has 0 bridgehead atoms. The molecule has 0 aliphatic rings. The van der Waals surface area contributed by atoms with Gasteiger partial charge in [0, 0.05) is 6.20 Å². The summed E-state index contributed by atoms with van der Waals surface area (Å²) in [6.07, 6.45) is 1.72. The highest BCUT2D eigenvalue weighted by Crippen LogP contribution is 2.21. The van der Waals surface area contributed by atoms with Crippen molar-refractivity contribution in [1.29, 1.82) is 0 Å². The van der Waals surface area contributed by atoms with E-state index in [9.17, 15) is 4.79 Å². The first kappa shape index (κ1) is 21.1. The van der Waals surface area contributed by atoms with Gasteiger partial charge in [-0.2, -0.15) is 0 Å². The summed E-state index contributed by atoms with van der Waals surface area (Å²) in [4.78, 5) is 17.0. The van der Waals surface area contributed by atoms with Crippen LogP contribution in [-0.2, 0) is 11.4 Å². The van der Waals surface area contributed by atoms with Crippen LogP contribution in [0.25, 0.3) is 0 Å². The molecule has 32 heavy (non-hydrogen) atoms. The van der Waals surface area contributed by atoms with Crippen LogP contribution in [0.15, 0.2) is 109 Å². The van der Waals surface area contributed by atoms with Crippen molar-refractivity contribution in [3.8, 4) is 11.5 Å². The molecule has 0 saturated carbocycles. The first-order valence-corrected chi connectivity index (χ1v) is 10.4. The third-order valence-corrected chi connectivity index (χ3v) is 4.86. The molecule has 160 valence electrons. The molecule has 0 saturated heterocycles. The number of carbonyl (C=O) groups excluding carboxylic acids is 1. The molecule has 4 aromatic rings. The summed E-state index contributed by atoms with van der Waals surface area (Å²) in [6.45, 7) is 0.401. The summed E-state index contributed by atoms with van der Waals surface area (Å²) in [5, 5.41) is 3.02. The van der Waals surface area contributed by atoms with Crippen molar-refractivity contribution >= 4 is 5.91 Å². The second-order valence-corrected chi connectivity index (χ2v) is 7.20. The van der Waals surface area contributed by atoms with E-state index in [1.807, 2.05) is 91.0 Å². The molecule has 4 rings (SSSR count). The number of carbonyl (C=O) groups is 1. The van der Waals surface area contributed by atoms with E-state index in [1.54, 1.807) is 18.3 Å². The Hall–Kier alpha value is -4.12. The average Bonchev–Trinajstić information content (AvgIpc) is 2.87. The number of hydrogen-bond donors (Lipinski definition) is 1. The lowest BCUT2D eigenvalue weighted by molar-refractivity contribution is -0.123. The summed E-state index contributed by atoms with van der Waals surface area (Å²) in [5.41, 5.74) is 2.83. The molecule has 3 aromatic carbocycles. The minimum absolute atomic E-state index is 0.0968. The number of pyridine rings is 1. The largest absolute Gasteiger partial charge is 0.489 e. The molecule has 0 aliphatic heterocycles. The minimum atomic E-state index is -0.345. The molecule has 0 fully saturated rings. The maximum absolute atomic E-state index is 12.6. The van der Waals surface area contributed by atoms with Crippen LogP contribution in [-0.4, -0.2) is 17.5 Å². The Morgan fingerprint density at radius 1 is 0.750 bits per heavy atom. The summed E-state index contributed by atoms with van der Waals surface area (Å²) in [6, 6.07) is 32.3. The van der Waals surface area contributed by atoms with Gasteiger partial charge in [-0.25, -0.2) is 0 Å². The van der Waals surface area contributed by atoms with Crippen LogP contribution in [0.3, 0.4) is 0 Å². The zero-order chi connectivity index (χ0) is 22.0. The Morgan fingerprint density at radius 3 is 2.03 bits per heavy atom. The van der Waals surface area contributed by atoms with Gasteiger partial charge in [0.2, 0.25) is 0 Å². The molecule has 5 nitrogen and oxygen atoms in total. The fourth-order valence-corrected chi connectivity index (χ4v) is 3.24. The molecule has 1 aromatic heterocycles. The number of rotatable bonds is 9. The second kappa shape index (κ2) is 10.8. The van der Waals surface area contributed by atoms with Crippen molar-refractivity contribution in [2.24, 2.45) is 0 Å². The molecule has 1 amide bonds. The van der Waals surface area contributed by atoms with Gasteiger partial charge in [0.25, 0.3) is 5.91 Å². The monoisotopic (exact) mass is 424 g/mol. The average molecular weight is 425 g/mol. The van der Waals surface area contributed by atoms with Crippen LogP contribution in [0.4, 0.5) is 0 Å². The molecular weight excluding hydrogens is 400 g/mol. The van der Waals surface area contributed by atoms with Crippen LogP contribution in [0, 0.1) is 0 Å². The van der Waals surface area contributed by atoms with Crippen LogP contribution in [0.2, 0.25) is 0 Å². The first-order valence-electron chi connectivity index (χ1n) is 10.4. The lowest BCUT2D eigenvalue weighted by atomic mass is 10.0. The predicted molar refractivity (Wildman–Crippen MR) is 123 cm³/mol. The van der Waals surface area contributed by atoms with Crippen LogP contribution >= 0.6 is 0 Å². The van der Waals surface area contributed by atoms with Gasteiger partial charge in [-0.15, -0.1) is 0 Å². The smallest absolute Gasteiger partial charge is 0.258 e. The normalized spacial score (nSPS) is 11.4. The quantitative estimate of drug-likeness (QED) is 0.413. The second-order valence-electron chi connectivity index (χ2n) is 7.20. The summed E-state index contributed by atoms with van der Waals surface area (Å²) in [7, 11) is 0. The summed E-state index contributed by atoms with van der Waals surface area (Å²) < 4.78 is 11.5. The number of nitrogens with one attached hydrogen (secondary N) is 1. The van der Waals surface area contributed by atoms with Crippen molar-refractivity contribution in [2.45, 2.75) is 12.6 Å². The van der Waals surface area contributed by atoms with Crippen LogP contribution < -0.4 is 14.8 Å². The number of amides is 1. The van der Waals surface area contributed by atoms with Crippen molar-refractivity contribution in [3.05, 3.63) is 126 Å². The number of aromatic nitrogens is 1. The van der Waals surface area contributed by atoms with E-state index in [4.69, 9.17) is 9.47 Å². The Labute approximate surface area is 187 Å². The summed E-state index contributed by atoms with van der Waals surface area (Å²) in [5.74, 6) is 1.11. The molecule has 0 radical (unpaired) electrons. The minimum Gasteiger partial charge on any atom is -0.489 e. The Kier molecular flexibility index (Phi) is 7.11. The standard InChI is InChI=1S/C27H24N2O3/c30-26(29-27(22-11-5-2-6-12-22)25-13-7-8-18-28-25)20-32-24-16-14-23(15-17-24)31-19-21-9-3-1-4-10-21/h1-18,27H,19-20H2,(H,29,30). The van der Waals surface area contributed by atoms with E-state index in [0.717, 1.165) is 22.6 Å². The lowest BCUT2D eigenvalue weighted by Gasteiger charge is -2.19. The van der Waals surface area contributed by atoms with E-state index >= 15 is 0 Å². The van der Waals surface area contributed by atoms with Crippen molar-refractivity contribution in [3.63, 3.8) is 0 Å². The summed E-state index contributed by atoms with van der Waals surface area (Å²) >= 11 is 0. The molecule has 5 heteroatoms. The topological polar surface area (TPSA) is 60.5 Å². The molecule has 1 N–H and O–H groups in total. The highest BCUT2D eigenvalue weighted by atomic mass is 16.5. The highest BCUT2D eigenvalue weighted by Gasteiger charge is 2.18. The van der Waals surface area contributed by atoms with Gasteiger partial charge < -0.3 is 14.8 Å². The van der Waals surface area contributed by atoms with Gasteiger partial charge in [0.05, 0.1) is 11.7 Å². The van der Waals surface area contributed by atoms with Gasteiger partial charge in [-0.3, -0.25) is 9.78 Å². The van der Waals surface area contributed by atoms with Gasteiger partial charge >= 0.3 is 0 Å². The van der Waals surface area contributed by atoms with Gasteiger partial charge in [-0.05, 0) is 47.5 Å². The van der Waals surface area contributed by atoms with Crippen LogP contribution in [0.1, 0.15) is 22.9 Å². The number of benzene rings is 3. The van der Waals surface area contributed by atoms with Crippen molar-refractivity contribution in [1.82, 2.24) is 10.3 Å². The number of ether oxygens (including phenoxy) is 2. The molecule has 1 atom stereocenters. The molecule has 0 spiro atoms. The van der Waals surface area contributed by atoms with Crippen LogP contribution in [0.5, 0.6) is 11.5 Å². The fourth-order valence-electron chi connectivity index (χ4n) is 3.24. The zero-order valence-corrected chi connectivity index (χ0v) is 17.6. The third-order valence-electron chi connectivity index (χ3n) is 4.86. The fraction of sp³-hybridized carbons (Fsp3) is 0.111. The van der Waals surface area contributed by atoms with E-state index < -0.39 is 0 Å². The van der Waals surface area contributed by atoms with Gasteiger partial charge in [-0.1, -0.05) is 66.7 Å². The van der Waals surface area contributed by atoms with Gasteiger partial charge in [0.1, 0.15) is 18.1 Å². The Morgan fingerprint density at radius 2 is 1.38 bits per heavy atom. The van der Waals surface area contributed by atoms with Crippen molar-refractivity contribution < 1.29 is 14.3 Å². The van der Waals surface area contributed by atoms with E-state index in [0.29, 0.717) is 12.4 Å². The van der Waals surface area contributed by atoms with Crippen molar-refractivity contribution in [2.75, 3.05) is 6.61 Å². The maximum atomic E-state index is 12.6. The first-order chi connectivity index (χ1) is 15.8. The predicted octanol–water partition coefficient (Wildman–Crippen LogP) is 4.95. The zero-order valence-electron chi connectivity index (χ0n) is 17.6. The Bertz CT molecular complexity index is 1060. The number of nitrogens with zero attached hydrogens (tertiary/aromatic N) is 1. The molecule has 1 unspecified atom stereocenters. The highest BCUT2D eigenvalue weighted by molar-refractivity contribution is 5.78. The third kappa shape index (κ3) is 5.95. The lowest BCUT2D eigenvalue weighted by Crippen LogP contribution is -2.33. The van der Waals surface area contributed by atoms with Gasteiger partial charge in [0.15, 0.2) is 6.61 Å². The van der Waals surface area contributed by atoms with E-state index in [2.05, 4.69) is 10.3 Å². The number of hydrogen-bond acceptors (Lipinski definition) is 4. The molecule has 1 heterocycles. The molecule has 0 aliphatic carbocycles. The molecular formula is C27H24N2O3. The van der Waals surface area contributed by atoms with E-state index in [1.165, 1.54) is 0 Å². The maximum Gasteiger partial charge on any atom is 0.258 e. The Balaban J connectivity index is 1.32. The van der Waals surface area contributed by atoms with E-state index in [-0.39, 0.29) is 18.6 Å². The SMILES string of the molecule is O=C(COc1ccc(OCc2ccccc2)cc1)NC(c1ccccc1)c1ccccn1.